The molecule has 0 saturated carbocycles. The van der Waals surface area contributed by atoms with Gasteiger partial charge in [-0.15, -0.1) is 11.3 Å². The Labute approximate surface area is 74.0 Å². The van der Waals surface area contributed by atoms with Crippen LogP contribution >= 0.6 is 22.9 Å². The quantitative estimate of drug-likeness (QED) is 0.617. The largest absolute Gasteiger partial charge is 0.297 e. The molecule has 11 heavy (non-hydrogen) atoms. The van der Waals surface area contributed by atoms with Gasteiger partial charge in [-0.3, -0.25) is 4.79 Å². The molecule has 0 radical (unpaired) electrons. The average Bonchev–Trinajstić information content (AvgIpc) is 2.53. The summed E-state index contributed by atoms with van der Waals surface area (Å²) in [6.45, 7) is 0. The van der Waals surface area contributed by atoms with E-state index in [4.69, 9.17) is 11.6 Å². The number of thiophene rings is 1. The molecule has 0 aromatic carbocycles. The fourth-order valence-electron chi connectivity index (χ4n) is 1.46. The highest BCUT2D eigenvalue weighted by Crippen LogP contribution is 2.37. The Hall–Kier alpha value is -0.340. The normalized spacial score (nSPS) is 15.0. The van der Waals surface area contributed by atoms with E-state index in [2.05, 4.69) is 0 Å². The summed E-state index contributed by atoms with van der Waals surface area (Å²) in [5.74, 6) is 0. The first-order chi connectivity index (χ1) is 5.33. The third-order valence-electron chi connectivity index (χ3n) is 1.99. The highest BCUT2D eigenvalue weighted by Gasteiger charge is 2.19. The molecule has 0 atom stereocenters. The summed E-state index contributed by atoms with van der Waals surface area (Å²) in [5, 5.41) is 0.706. The minimum Gasteiger partial charge on any atom is -0.297 e. The fourth-order valence-corrected chi connectivity index (χ4v) is 2.99. The number of carbonyl (C=O) groups is 1. The lowest BCUT2D eigenvalue weighted by atomic mass is 10.2. The molecule has 2 rings (SSSR count). The van der Waals surface area contributed by atoms with Gasteiger partial charge in [0, 0.05) is 4.88 Å². The number of hydrogen-bond donors (Lipinski definition) is 0. The molecular formula is C8H7ClOS. The minimum absolute atomic E-state index is 0.705. The molecule has 1 aliphatic rings. The van der Waals surface area contributed by atoms with Gasteiger partial charge in [0.05, 0.1) is 9.90 Å². The van der Waals surface area contributed by atoms with E-state index >= 15 is 0 Å². The monoisotopic (exact) mass is 186 g/mol. The van der Waals surface area contributed by atoms with Crippen molar-refractivity contribution in [1.29, 1.82) is 0 Å². The smallest absolute Gasteiger partial charge is 0.161 e. The van der Waals surface area contributed by atoms with E-state index in [1.165, 1.54) is 16.9 Å². The van der Waals surface area contributed by atoms with E-state index < -0.39 is 0 Å². The number of carbonyl (C=O) groups excluding carboxylic acids is 1. The van der Waals surface area contributed by atoms with Crippen LogP contribution < -0.4 is 0 Å². The zero-order valence-corrected chi connectivity index (χ0v) is 7.47. The summed E-state index contributed by atoms with van der Waals surface area (Å²) in [6, 6.07) is 0. The van der Waals surface area contributed by atoms with Gasteiger partial charge in [0.1, 0.15) is 0 Å². The summed E-state index contributed by atoms with van der Waals surface area (Å²) in [4.78, 5) is 12.5. The molecule has 0 fully saturated rings. The van der Waals surface area contributed by atoms with Crippen LogP contribution in [0.5, 0.6) is 0 Å². The molecule has 1 aromatic heterocycles. The van der Waals surface area contributed by atoms with Crippen molar-refractivity contribution >= 4 is 29.2 Å². The van der Waals surface area contributed by atoms with Gasteiger partial charge < -0.3 is 0 Å². The molecule has 58 valence electrons. The third-order valence-corrected chi connectivity index (χ3v) is 3.75. The summed E-state index contributed by atoms with van der Waals surface area (Å²) >= 11 is 7.50. The van der Waals surface area contributed by atoms with Crippen molar-refractivity contribution in [3.8, 4) is 0 Å². The predicted octanol–water partition coefficient (Wildman–Crippen LogP) is 2.70. The van der Waals surface area contributed by atoms with Crippen molar-refractivity contribution < 1.29 is 4.79 Å². The lowest BCUT2D eigenvalue weighted by molar-refractivity contribution is 0.112. The molecule has 3 heteroatoms. The number of aryl methyl sites for hydroxylation is 1. The summed E-state index contributed by atoms with van der Waals surface area (Å²) < 4.78 is 0. The summed E-state index contributed by atoms with van der Waals surface area (Å²) in [6.07, 6.45) is 4.21. The van der Waals surface area contributed by atoms with Gasteiger partial charge in [-0.05, 0) is 24.8 Å². The first-order valence-corrected chi connectivity index (χ1v) is 4.77. The maximum Gasteiger partial charge on any atom is 0.161 e. The van der Waals surface area contributed by atoms with Crippen molar-refractivity contribution in [3.05, 3.63) is 20.3 Å². The lowest BCUT2D eigenvalue weighted by Crippen LogP contribution is -1.77. The molecule has 0 amide bonds. The second-order valence-corrected chi connectivity index (χ2v) is 4.17. The molecule has 0 spiro atoms. The maximum absolute atomic E-state index is 10.5. The minimum atomic E-state index is 0.705. The number of fused-ring (bicyclic) bond motifs is 1. The number of aldehydes is 1. The van der Waals surface area contributed by atoms with Crippen LogP contribution in [0.15, 0.2) is 0 Å². The van der Waals surface area contributed by atoms with Crippen LogP contribution in [0.2, 0.25) is 5.02 Å². The highest BCUT2D eigenvalue weighted by molar-refractivity contribution is 7.14. The van der Waals surface area contributed by atoms with Crippen LogP contribution in [0.1, 0.15) is 26.5 Å². The molecule has 1 aliphatic carbocycles. The van der Waals surface area contributed by atoms with Crippen molar-refractivity contribution in [2.45, 2.75) is 19.3 Å². The number of rotatable bonds is 1. The number of hydrogen-bond acceptors (Lipinski definition) is 2. The zero-order chi connectivity index (χ0) is 7.84. The van der Waals surface area contributed by atoms with Crippen LogP contribution in [-0.4, -0.2) is 6.29 Å². The third kappa shape index (κ3) is 1.01. The second-order valence-electron chi connectivity index (χ2n) is 2.65. The SMILES string of the molecule is O=Cc1sc2c(c1Cl)CCC2. The maximum atomic E-state index is 10.5. The van der Waals surface area contributed by atoms with Crippen molar-refractivity contribution in [2.75, 3.05) is 0 Å². The molecule has 0 unspecified atom stereocenters. The topological polar surface area (TPSA) is 17.1 Å². The Morgan fingerprint density at radius 2 is 2.27 bits per heavy atom. The van der Waals surface area contributed by atoms with E-state index in [1.54, 1.807) is 11.3 Å². The molecule has 1 nitrogen and oxygen atoms in total. The van der Waals surface area contributed by atoms with Crippen LogP contribution in [0, 0.1) is 0 Å². The second kappa shape index (κ2) is 2.61. The Bertz CT molecular complexity index is 303. The Kier molecular flexibility index (Phi) is 1.74. The fraction of sp³-hybridized carbons (Fsp3) is 0.375. The molecule has 0 bridgehead atoms. The molecule has 1 aromatic rings. The van der Waals surface area contributed by atoms with Crippen LogP contribution in [0.3, 0.4) is 0 Å². The molecule has 0 aliphatic heterocycles. The van der Waals surface area contributed by atoms with Gasteiger partial charge in [-0.1, -0.05) is 11.6 Å². The number of halogens is 1. The first-order valence-electron chi connectivity index (χ1n) is 3.58. The van der Waals surface area contributed by atoms with Crippen LogP contribution in [0.25, 0.3) is 0 Å². The van der Waals surface area contributed by atoms with Crippen molar-refractivity contribution in [1.82, 2.24) is 0 Å². The van der Waals surface area contributed by atoms with Crippen molar-refractivity contribution in [2.24, 2.45) is 0 Å². The van der Waals surface area contributed by atoms with Crippen LogP contribution in [-0.2, 0) is 12.8 Å². The standard InChI is InChI=1S/C8H7ClOS/c9-8-5-2-1-3-6(5)11-7(8)4-10/h4H,1-3H2. The summed E-state index contributed by atoms with van der Waals surface area (Å²) in [5.41, 5.74) is 1.22. The van der Waals surface area contributed by atoms with E-state index in [0.29, 0.717) is 9.90 Å². The van der Waals surface area contributed by atoms with Gasteiger partial charge in [-0.2, -0.15) is 0 Å². The first kappa shape index (κ1) is 7.32. The van der Waals surface area contributed by atoms with Gasteiger partial charge in [0.15, 0.2) is 6.29 Å². The molecule has 1 heterocycles. The Balaban J connectivity index is 2.57. The van der Waals surface area contributed by atoms with E-state index in [1.807, 2.05) is 0 Å². The molecule has 0 N–H and O–H groups in total. The Morgan fingerprint density at radius 1 is 1.45 bits per heavy atom. The predicted molar refractivity (Wildman–Crippen MR) is 46.7 cm³/mol. The average molecular weight is 187 g/mol. The lowest BCUT2D eigenvalue weighted by Gasteiger charge is -1.88. The van der Waals surface area contributed by atoms with Gasteiger partial charge in [-0.25, -0.2) is 0 Å². The van der Waals surface area contributed by atoms with Gasteiger partial charge >= 0.3 is 0 Å². The zero-order valence-electron chi connectivity index (χ0n) is 5.89. The van der Waals surface area contributed by atoms with Gasteiger partial charge in [0.2, 0.25) is 0 Å². The van der Waals surface area contributed by atoms with Crippen molar-refractivity contribution in [3.63, 3.8) is 0 Å². The highest BCUT2D eigenvalue weighted by atomic mass is 35.5. The molecule has 0 saturated heterocycles. The van der Waals surface area contributed by atoms with E-state index in [0.717, 1.165) is 19.1 Å². The molecular weight excluding hydrogens is 180 g/mol. The van der Waals surface area contributed by atoms with Gasteiger partial charge in [0.25, 0.3) is 0 Å². The van der Waals surface area contributed by atoms with E-state index in [-0.39, 0.29) is 0 Å². The van der Waals surface area contributed by atoms with E-state index in [9.17, 15) is 4.79 Å². The summed E-state index contributed by atoms with van der Waals surface area (Å²) in [7, 11) is 0. The van der Waals surface area contributed by atoms with Crippen LogP contribution in [0.4, 0.5) is 0 Å². The Morgan fingerprint density at radius 3 is 2.91 bits per heavy atom.